The summed E-state index contributed by atoms with van der Waals surface area (Å²) in [7, 11) is 2.13. The lowest BCUT2D eigenvalue weighted by Gasteiger charge is -2.32. The third kappa shape index (κ3) is 3.96. The molecule has 1 aliphatic heterocycles. The van der Waals surface area contributed by atoms with Crippen LogP contribution in [0.15, 0.2) is 0 Å². The highest BCUT2D eigenvalue weighted by atomic mass is 16.2. The fraction of sp³-hybridized carbons (Fsp3) is 0.923. The second kappa shape index (κ2) is 6.97. The Kier molecular flexibility index (Phi) is 5.92. The predicted molar refractivity (Wildman–Crippen MR) is 70.8 cm³/mol. The molecule has 0 saturated carbocycles. The molecular weight excluding hydrogens is 214 g/mol. The number of carbonyl (C=O) groups excluding carboxylic acids is 1. The van der Waals surface area contributed by atoms with Crippen LogP contribution in [0.5, 0.6) is 0 Å². The molecular formula is C13H27N3O. The first-order chi connectivity index (χ1) is 8.10. The van der Waals surface area contributed by atoms with E-state index in [-0.39, 0.29) is 11.9 Å². The molecule has 0 radical (unpaired) electrons. The SMILES string of the molecule is CCCC(N)C(=O)N1CCCN(C)CC1CC. The van der Waals surface area contributed by atoms with Crippen molar-refractivity contribution in [3.63, 3.8) is 0 Å². The lowest BCUT2D eigenvalue weighted by atomic mass is 10.1. The molecule has 2 unspecified atom stereocenters. The number of carbonyl (C=O) groups is 1. The van der Waals surface area contributed by atoms with Crippen molar-refractivity contribution in [3.05, 3.63) is 0 Å². The Morgan fingerprint density at radius 1 is 1.41 bits per heavy atom. The zero-order valence-corrected chi connectivity index (χ0v) is 11.5. The molecule has 2 atom stereocenters. The maximum absolute atomic E-state index is 12.3. The smallest absolute Gasteiger partial charge is 0.239 e. The van der Waals surface area contributed by atoms with Gasteiger partial charge in [0.1, 0.15) is 0 Å². The summed E-state index contributed by atoms with van der Waals surface area (Å²) in [5.74, 6) is 0.147. The highest BCUT2D eigenvalue weighted by molar-refractivity contribution is 5.82. The summed E-state index contributed by atoms with van der Waals surface area (Å²) in [4.78, 5) is 16.6. The van der Waals surface area contributed by atoms with Gasteiger partial charge in [0.25, 0.3) is 0 Å². The largest absolute Gasteiger partial charge is 0.337 e. The molecule has 1 fully saturated rings. The van der Waals surface area contributed by atoms with Gasteiger partial charge in [0.15, 0.2) is 0 Å². The van der Waals surface area contributed by atoms with Crippen molar-refractivity contribution in [2.45, 2.75) is 51.6 Å². The second-order valence-electron chi connectivity index (χ2n) is 5.10. The van der Waals surface area contributed by atoms with E-state index >= 15 is 0 Å². The maximum Gasteiger partial charge on any atom is 0.239 e. The van der Waals surface area contributed by atoms with E-state index in [4.69, 9.17) is 5.73 Å². The number of likely N-dealkylation sites (N-methyl/N-ethyl adjacent to an activating group) is 1. The van der Waals surface area contributed by atoms with Crippen LogP contribution in [0, 0.1) is 0 Å². The maximum atomic E-state index is 12.3. The van der Waals surface area contributed by atoms with Crippen LogP contribution in [0.4, 0.5) is 0 Å². The third-order valence-electron chi connectivity index (χ3n) is 3.57. The van der Waals surface area contributed by atoms with Crippen molar-refractivity contribution in [1.29, 1.82) is 0 Å². The van der Waals surface area contributed by atoms with Gasteiger partial charge in [-0.1, -0.05) is 20.3 Å². The Balaban J connectivity index is 2.67. The van der Waals surface area contributed by atoms with Crippen LogP contribution in [0.1, 0.15) is 39.5 Å². The second-order valence-corrected chi connectivity index (χ2v) is 5.10. The molecule has 17 heavy (non-hydrogen) atoms. The molecule has 4 heteroatoms. The number of rotatable bonds is 4. The number of hydrogen-bond donors (Lipinski definition) is 1. The number of amides is 1. The van der Waals surface area contributed by atoms with E-state index in [0.717, 1.165) is 45.3 Å². The van der Waals surface area contributed by atoms with Crippen LogP contribution in [0.3, 0.4) is 0 Å². The molecule has 1 saturated heterocycles. The van der Waals surface area contributed by atoms with E-state index in [9.17, 15) is 4.79 Å². The highest BCUT2D eigenvalue weighted by Crippen LogP contribution is 2.14. The Labute approximate surface area is 105 Å². The van der Waals surface area contributed by atoms with Crippen LogP contribution < -0.4 is 5.73 Å². The Morgan fingerprint density at radius 3 is 2.71 bits per heavy atom. The fourth-order valence-corrected chi connectivity index (χ4v) is 2.53. The van der Waals surface area contributed by atoms with Crippen molar-refractivity contribution in [1.82, 2.24) is 9.80 Å². The summed E-state index contributed by atoms with van der Waals surface area (Å²) >= 11 is 0. The molecule has 1 aliphatic rings. The van der Waals surface area contributed by atoms with E-state index in [2.05, 4.69) is 25.8 Å². The van der Waals surface area contributed by atoms with Crippen LogP contribution in [0.2, 0.25) is 0 Å². The molecule has 1 heterocycles. The monoisotopic (exact) mass is 241 g/mol. The predicted octanol–water partition coefficient (Wildman–Crippen LogP) is 1.06. The Bertz CT molecular complexity index is 245. The quantitative estimate of drug-likeness (QED) is 0.800. The van der Waals surface area contributed by atoms with Crippen LogP contribution >= 0.6 is 0 Å². The van der Waals surface area contributed by atoms with E-state index < -0.39 is 0 Å². The van der Waals surface area contributed by atoms with Crippen LogP contribution in [-0.2, 0) is 4.79 Å². The lowest BCUT2D eigenvalue weighted by molar-refractivity contribution is -0.135. The molecule has 1 amide bonds. The van der Waals surface area contributed by atoms with E-state index in [1.165, 1.54) is 0 Å². The fourth-order valence-electron chi connectivity index (χ4n) is 2.53. The van der Waals surface area contributed by atoms with Crippen molar-refractivity contribution in [2.75, 3.05) is 26.7 Å². The van der Waals surface area contributed by atoms with Crippen molar-refractivity contribution >= 4 is 5.91 Å². The average Bonchev–Trinajstić information content (AvgIpc) is 2.49. The Morgan fingerprint density at radius 2 is 2.12 bits per heavy atom. The normalized spacial score (nSPS) is 24.5. The molecule has 4 nitrogen and oxygen atoms in total. The van der Waals surface area contributed by atoms with Crippen molar-refractivity contribution in [3.8, 4) is 0 Å². The zero-order valence-electron chi connectivity index (χ0n) is 11.5. The van der Waals surface area contributed by atoms with Gasteiger partial charge in [0.2, 0.25) is 5.91 Å². The van der Waals surface area contributed by atoms with Crippen LogP contribution in [-0.4, -0.2) is 54.5 Å². The summed E-state index contributed by atoms with van der Waals surface area (Å²) in [6, 6.07) is 0.0235. The molecule has 0 aromatic rings. The van der Waals surface area contributed by atoms with Gasteiger partial charge in [-0.25, -0.2) is 0 Å². The summed E-state index contributed by atoms with van der Waals surface area (Å²) in [6.07, 6.45) is 3.82. The first-order valence-corrected chi connectivity index (χ1v) is 6.84. The van der Waals surface area contributed by atoms with Gasteiger partial charge in [-0.15, -0.1) is 0 Å². The average molecular weight is 241 g/mol. The first-order valence-electron chi connectivity index (χ1n) is 6.84. The van der Waals surface area contributed by atoms with E-state index in [0.29, 0.717) is 6.04 Å². The minimum Gasteiger partial charge on any atom is -0.337 e. The highest BCUT2D eigenvalue weighted by Gasteiger charge is 2.28. The van der Waals surface area contributed by atoms with Gasteiger partial charge in [-0.05, 0) is 32.9 Å². The molecule has 100 valence electrons. The molecule has 0 aliphatic carbocycles. The minimum atomic E-state index is -0.308. The number of nitrogens with two attached hydrogens (primary N) is 1. The summed E-state index contributed by atoms with van der Waals surface area (Å²) in [5, 5.41) is 0. The van der Waals surface area contributed by atoms with E-state index in [1.807, 2.05) is 4.90 Å². The molecule has 0 spiro atoms. The molecule has 0 aromatic carbocycles. The van der Waals surface area contributed by atoms with Crippen LogP contribution in [0.25, 0.3) is 0 Å². The zero-order chi connectivity index (χ0) is 12.8. The van der Waals surface area contributed by atoms with Crippen molar-refractivity contribution in [2.24, 2.45) is 5.73 Å². The van der Waals surface area contributed by atoms with Gasteiger partial charge in [0.05, 0.1) is 6.04 Å². The summed E-state index contributed by atoms with van der Waals surface area (Å²) < 4.78 is 0. The molecule has 2 N–H and O–H groups in total. The van der Waals surface area contributed by atoms with Gasteiger partial charge >= 0.3 is 0 Å². The summed E-state index contributed by atoms with van der Waals surface area (Å²) in [6.45, 7) is 7.12. The molecule has 0 bridgehead atoms. The summed E-state index contributed by atoms with van der Waals surface area (Å²) in [5.41, 5.74) is 5.96. The van der Waals surface area contributed by atoms with E-state index in [1.54, 1.807) is 0 Å². The van der Waals surface area contributed by atoms with Crippen molar-refractivity contribution < 1.29 is 4.79 Å². The third-order valence-corrected chi connectivity index (χ3v) is 3.57. The van der Waals surface area contributed by atoms with Gasteiger partial charge in [-0.3, -0.25) is 4.79 Å². The van der Waals surface area contributed by atoms with Gasteiger partial charge in [0, 0.05) is 19.1 Å². The number of nitrogens with zero attached hydrogens (tertiary/aromatic N) is 2. The molecule has 0 aromatic heterocycles. The van der Waals surface area contributed by atoms with Gasteiger partial charge < -0.3 is 15.5 Å². The first kappa shape index (κ1) is 14.5. The lowest BCUT2D eigenvalue weighted by Crippen LogP contribution is -2.50. The standard InChI is InChI=1S/C13H27N3O/c1-4-7-12(14)13(17)16-9-6-8-15(3)10-11(16)5-2/h11-12H,4-10,14H2,1-3H3. The minimum absolute atomic E-state index is 0.147. The van der Waals surface area contributed by atoms with Gasteiger partial charge in [-0.2, -0.15) is 0 Å². The molecule has 1 rings (SSSR count). The Hall–Kier alpha value is -0.610. The topological polar surface area (TPSA) is 49.6 Å². The number of hydrogen-bond acceptors (Lipinski definition) is 3.